The van der Waals surface area contributed by atoms with Gasteiger partial charge in [-0.3, -0.25) is 4.79 Å². The Hall–Kier alpha value is -4.38. The van der Waals surface area contributed by atoms with E-state index in [4.69, 9.17) is 15.7 Å². The highest BCUT2D eigenvalue weighted by Crippen LogP contribution is 2.23. The van der Waals surface area contributed by atoms with Crippen LogP contribution >= 0.6 is 0 Å². The van der Waals surface area contributed by atoms with Gasteiger partial charge in [-0.1, -0.05) is 0 Å². The van der Waals surface area contributed by atoms with Crippen molar-refractivity contribution in [2.75, 3.05) is 12.0 Å². The zero-order valence-electron chi connectivity index (χ0n) is 17.3. The Kier molecular flexibility index (Phi) is 10.6. The average Bonchev–Trinajstić information content (AvgIpc) is 2.81. The highest BCUT2D eigenvalue weighted by atomic mass is 19.3. The summed E-state index contributed by atoms with van der Waals surface area (Å²) in [5.74, 6) is -1.10. The number of nitrogens with two attached hydrogens (primary N) is 1. The highest BCUT2D eigenvalue weighted by Gasteiger charge is 2.21. The van der Waals surface area contributed by atoms with E-state index in [9.17, 15) is 22.4 Å². The molecule has 11 heteroatoms. The number of carbonyl (C=O) groups is 1. The number of amides is 1. The van der Waals surface area contributed by atoms with E-state index in [1.165, 1.54) is 12.1 Å². The number of nitrogens with zero attached hydrogens (tertiary/aromatic N) is 3. The van der Waals surface area contributed by atoms with Crippen LogP contribution in [-0.2, 0) is 4.74 Å². The first kappa shape index (κ1) is 26.7. The molecule has 1 aromatic carbocycles. The van der Waals surface area contributed by atoms with Crippen molar-refractivity contribution in [1.82, 2.24) is 4.98 Å². The molecule has 1 aliphatic heterocycles. The molecule has 2 heterocycles. The molecule has 0 unspecified atom stereocenters. The second kappa shape index (κ2) is 13.1. The van der Waals surface area contributed by atoms with Gasteiger partial charge in [0.1, 0.15) is 30.0 Å². The Balaban J connectivity index is 0.000000380. The molecule has 1 atom stereocenters. The van der Waals surface area contributed by atoms with E-state index in [1.54, 1.807) is 12.1 Å². The largest absolute Gasteiger partial charge is 0.428 e. The number of alkyl halides is 3. The molecule has 0 saturated carbocycles. The molecule has 0 bridgehead atoms. The molecule has 2 aromatic rings. The van der Waals surface area contributed by atoms with Crippen LogP contribution in [0.3, 0.4) is 0 Å². The SMILES string of the molecule is C#C.C[C@H]1C=C(CF)OC(N)=N1.N#Cc1cnc(C(=O)Nc2ccc(F)cc2)c(C(F)F)c1. The minimum Gasteiger partial charge on any atom is -0.428 e. The predicted octanol–water partition coefficient (Wildman–Crippen LogP) is 4.10. The van der Waals surface area contributed by atoms with Crippen molar-refractivity contribution < 1.29 is 27.1 Å². The maximum atomic E-state index is 12.9. The van der Waals surface area contributed by atoms with Crippen molar-refractivity contribution in [1.29, 1.82) is 5.26 Å². The van der Waals surface area contributed by atoms with Crippen LogP contribution in [0.5, 0.6) is 0 Å². The van der Waals surface area contributed by atoms with E-state index in [1.807, 2.05) is 6.92 Å². The number of hydrogen-bond acceptors (Lipinski definition) is 6. The van der Waals surface area contributed by atoms with Gasteiger partial charge >= 0.3 is 0 Å². The van der Waals surface area contributed by atoms with Crippen LogP contribution in [0.15, 0.2) is 53.4 Å². The standard InChI is InChI=1S/C14H8F3N3O.C6H9FN2O.C2H2/c15-9-1-3-10(4-2-9)20-14(21)12-11(13(16)17)5-8(6-18)7-19-12;1-4-2-5(3-7)10-6(8)9-4;1-2/h1-5,7,13H,(H,20,21);2,4H,3H2,1H3,(H2,8,9);1-2H/t;4-;/m.0./s1. The summed E-state index contributed by atoms with van der Waals surface area (Å²) < 4.78 is 55.2. The number of pyridine rings is 1. The summed E-state index contributed by atoms with van der Waals surface area (Å²) in [5, 5.41) is 11.0. The first-order chi connectivity index (χ1) is 15.7. The van der Waals surface area contributed by atoms with Gasteiger partial charge in [0.25, 0.3) is 18.4 Å². The summed E-state index contributed by atoms with van der Waals surface area (Å²) in [7, 11) is 0. The number of amidine groups is 1. The van der Waals surface area contributed by atoms with Gasteiger partial charge in [0.15, 0.2) is 0 Å². The Bertz CT molecular complexity index is 1080. The lowest BCUT2D eigenvalue weighted by molar-refractivity contribution is 0.100. The normalized spacial score (nSPS) is 14.1. The molecule has 0 fully saturated rings. The molecular formula is C22H19F4N5O2. The minimum absolute atomic E-state index is 0.0441. The minimum atomic E-state index is -2.94. The maximum Gasteiger partial charge on any atom is 0.287 e. The molecule has 7 nitrogen and oxygen atoms in total. The van der Waals surface area contributed by atoms with Crippen molar-refractivity contribution in [3.05, 3.63) is 71.0 Å². The van der Waals surface area contributed by atoms with Crippen molar-refractivity contribution in [3.63, 3.8) is 0 Å². The van der Waals surface area contributed by atoms with Crippen LogP contribution in [-0.4, -0.2) is 29.6 Å². The number of allylic oxidation sites excluding steroid dienone is 1. The van der Waals surface area contributed by atoms with Gasteiger partial charge in [-0.15, -0.1) is 12.8 Å². The van der Waals surface area contributed by atoms with Gasteiger partial charge in [-0.05, 0) is 43.3 Å². The van der Waals surface area contributed by atoms with Gasteiger partial charge in [0, 0.05) is 11.9 Å². The first-order valence-electron chi connectivity index (χ1n) is 9.09. The molecule has 0 radical (unpaired) electrons. The Labute approximate surface area is 187 Å². The van der Waals surface area contributed by atoms with Gasteiger partial charge < -0.3 is 15.8 Å². The third-order valence-corrected chi connectivity index (χ3v) is 3.72. The zero-order valence-corrected chi connectivity index (χ0v) is 17.3. The summed E-state index contributed by atoms with van der Waals surface area (Å²) in [4.78, 5) is 19.3. The molecule has 33 heavy (non-hydrogen) atoms. The number of nitriles is 1. The van der Waals surface area contributed by atoms with Crippen LogP contribution in [0.2, 0.25) is 0 Å². The number of nitrogens with one attached hydrogen (secondary N) is 1. The average molecular weight is 461 g/mol. The van der Waals surface area contributed by atoms with Gasteiger partial charge in [0.2, 0.25) is 0 Å². The highest BCUT2D eigenvalue weighted by molar-refractivity contribution is 6.03. The molecule has 3 rings (SSSR count). The molecule has 0 aliphatic carbocycles. The Morgan fingerprint density at radius 1 is 1.33 bits per heavy atom. The molecule has 0 saturated heterocycles. The van der Waals surface area contributed by atoms with E-state index in [0.717, 1.165) is 24.4 Å². The smallest absolute Gasteiger partial charge is 0.287 e. The third kappa shape index (κ3) is 8.34. The van der Waals surface area contributed by atoms with Crippen LogP contribution in [0, 0.1) is 30.0 Å². The molecule has 172 valence electrons. The Morgan fingerprint density at radius 2 is 1.97 bits per heavy atom. The van der Waals surface area contributed by atoms with Crippen molar-refractivity contribution >= 4 is 17.6 Å². The molecule has 1 amide bonds. The third-order valence-electron chi connectivity index (χ3n) is 3.72. The summed E-state index contributed by atoms with van der Waals surface area (Å²) in [6.07, 6.45) is 7.68. The number of ether oxygens (including phenoxy) is 1. The lowest BCUT2D eigenvalue weighted by Gasteiger charge is -2.13. The fourth-order valence-corrected chi connectivity index (χ4v) is 2.40. The summed E-state index contributed by atoms with van der Waals surface area (Å²) in [6, 6.07) is 7.39. The van der Waals surface area contributed by atoms with Crippen molar-refractivity contribution in [2.24, 2.45) is 10.7 Å². The topological polar surface area (TPSA) is 113 Å². The van der Waals surface area contributed by atoms with E-state index in [0.29, 0.717) is 0 Å². The number of anilines is 1. The number of benzene rings is 1. The van der Waals surface area contributed by atoms with E-state index >= 15 is 0 Å². The fourth-order valence-electron chi connectivity index (χ4n) is 2.40. The number of rotatable bonds is 4. The Morgan fingerprint density at radius 3 is 2.48 bits per heavy atom. The number of carbonyl (C=O) groups excluding carboxylic acids is 1. The van der Waals surface area contributed by atoms with E-state index < -0.39 is 36.1 Å². The zero-order chi connectivity index (χ0) is 25.0. The number of halogens is 4. The predicted molar refractivity (Wildman–Crippen MR) is 114 cm³/mol. The second-order valence-electron chi connectivity index (χ2n) is 6.11. The lowest BCUT2D eigenvalue weighted by atomic mass is 10.1. The van der Waals surface area contributed by atoms with Gasteiger partial charge in [0.05, 0.1) is 17.2 Å². The van der Waals surface area contributed by atoms with Gasteiger partial charge in [-0.25, -0.2) is 27.5 Å². The fraction of sp³-hybridized carbons (Fsp3) is 0.182. The van der Waals surface area contributed by atoms with E-state index in [-0.39, 0.29) is 29.1 Å². The number of hydrogen-bond donors (Lipinski definition) is 2. The molecule has 3 N–H and O–H groups in total. The first-order valence-corrected chi connectivity index (χ1v) is 9.09. The summed E-state index contributed by atoms with van der Waals surface area (Å²) in [5.41, 5.74) is 4.28. The molecule has 1 aromatic heterocycles. The van der Waals surface area contributed by atoms with E-state index in [2.05, 4.69) is 28.1 Å². The van der Waals surface area contributed by atoms with Crippen LogP contribution in [0.25, 0.3) is 0 Å². The van der Waals surface area contributed by atoms with Crippen LogP contribution in [0.1, 0.15) is 35.0 Å². The number of aliphatic imine (C=N–C) groups is 1. The number of aromatic nitrogens is 1. The summed E-state index contributed by atoms with van der Waals surface area (Å²) >= 11 is 0. The monoisotopic (exact) mass is 461 g/mol. The maximum absolute atomic E-state index is 12.9. The summed E-state index contributed by atoms with van der Waals surface area (Å²) in [6.45, 7) is 1.19. The molecule has 0 spiro atoms. The molecule has 1 aliphatic rings. The number of terminal acetylenes is 1. The van der Waals surface area contributed by atoms with Gasteiger partial charge in [-0.2, -0.15) is 5.26 Å². The second-order valence-corrected chi connectivity index (χ2v) is 6.11. The van der Waals surface area contributed by atoms with Crippen molar-refractivity contribution in [3.8, 4) is 18.9 Å². The van der Waals surface area contributed by atoms with Crippen LogP contribution in [0.4, 0.5) is 23.2 Å². The molecular weight excluding hydrogens is 442 g/mol. The van der Waals surface area contributed by atoms with Crippen LogP contribution < -0.4 is 11.1 Å². The lowest BCUT2D eigenvalue weighted by Crippen LogP contribution is -2.23. The quantitative estimate of drug-likeness (QED) is 0.526. The van der Waals surface area contributed by atoms with Crippen molar-refractivity contribution in [2.45, 2.75) is 19.4 Å².